The molecule has 3 rings (SSSR count). The van der Waals surface area contributed by atoms with Crippen LogP contribution in [0, 0.1) is 6.92 Å². The zero-order chi connectivity index (χ0) is 15.7. The van der Waals surface area contributed by atoms with Gasteiger partial charge in [0.1, 0.15) is 12.0 Å². The van der Waals surface area contributed by atoms with Crippen molar-refractivity contribution < 1.29 is 0 Å². The molecule has 0 radical (unpaired) electrons. The molecule has 4 heteroatoms. The van der Waals surface area contributed by atoms with Gasteiger partial charge in [0.05, 0.1) is 5.69 Å². The summed E-state index contributed by atoms with van der Waals surface area (Å²) >= 11 is 0. The minimum atomic E-state index is 0.446. The fourth-order valence-corrected chi connectivity index (χ4v) is 2.73. The second-order valence-electron chi connectivity index (χ2n) is 6.04. The zero-order valence-electron chi connectivity index (χ0n) is 13.6. The number of hydrogen-bond acceptors (Lipinski definition) is 3. The number of hydrogen-bond donors (Lipinski definition) is 2. The first-order valence-electron chi connectivity index (χ1n) is 7.68. The number of aromatic amines is 1. The van der Waals surface area contributed by atoms with Gasteiger partial charge in [0, 0.05) is 23.2 Å². The quantitative estimate of drug-likeness (QED) is 0.770. The second-order valence-corrected chi connectivity index (χ2v) is 6.04. The van der Waals surface area contributed by atoms with E-state index in [2.05, 4.69) is 65.3 Å². The maximum absolute atomic E-state index is 4.52. The van der Waals surface area contributed by atoms with Gasteiger partial charge in [-0.1, -0.05) is 26.0 Å². The van der Waals surface area contributed by atoms with Gasteiger partial charge >= 0.3 is 0 Å². The fraction of sp³-hybridized carbons (Fsp3) is 0.333. The highest BCUT2D eigenvalue weighted by molar-refractivity contribution is 5.91. The van der Waals surface area contributed by atoms with Crippen molar-refractivity contribution in [1.82, 2.24) is 20.3 Å². The molecule has 1 aromatic carbocycles. The van der Waals surface area contributed by atoms with Crippen LogP contribution in [-0.4, -0.2) is 22.0 Å². The Morgan fingerprint density at radius 3 is 2.68 bits per heavy atom. The van der Waals surface area contributed by atoms with Gasteiger partial charge in [0.15, 0.2) is 0 Å². The molecule has 0 saturated carbocycles. The number of rotatable bonds is 4. The molecule has 0 atom stereocenters. The van der Waals surface area contributed by atoms with Crippen molar-refractivity contribution in [3.8, 4) is 11.3 Å². The summed E-state index contributed by atoms with van der Waals surface area (Å²) in [7, 11) is 1.97. The molecule has 0 aliphatic carbocycles. The molecule has 0 unspecified atom stereocenters. The van der Waals surface area contributed by atoms with E-state index in [0.29, 0.717) is 5.92 Å². The van der Waals surface area contributed by atoms with Gasteiger partial charge in [-0.25, -0.2) is 9.97 Å². The van der Waals surface area contributed by atoms with Crippen LogP contribution in [-0.2, 0) is 6.54 Å². The summed E-state index contributed by atoms with van der Waals surface area (Å²) in [6.45, 7) is 7.38. The van der Waals surface area contributed by atoms with Crippen LogP contribution < -0.4 is 5.32 Å². The smallest absolute Gasteiger partial charge is 0.141 e. The standard InChI is InChI=1S/C18H22N4/c1-11(2)16-8-15-17(20-10-21-18(15)22-16)13-5-6-14(9-19-4)12(3)7-13/h5-8,10-11,19H,9H2,1-4H3,(H,20,21,22). The van der Waals surface area contributed by atoms with Crippen LogP contribution in [0.1, 0.15) is 36.6 Å². The van der Waals surface area contributed by atoms with E-state index in [1.807, 2.05) is 7.05 Å². The highest BCUT2D eigenvalue weighted by Gasteiger charge is 2.12. The maximum Gasteiger partial charge on any atom is 0.141 e. The molecule has 3 aromatic rings. The van der Waals surface area contributed by atoms with E-state index in [1.165, 1.54) is 16.8 Å². The molecule has 2 heterocycles. The molecule has 0 aliphatic rings. The number of fused-ring (bicyclic) bond motifs is 1. The van der Waals surface area contributed by atoms with E-state index in [-0.39, 0.29) is 0 Å². The van der Waals surface area contributed by atoms with Crippen molar-refractivity contribution in [3.05, 3.63) is 47.4 Å². The lowest BCUT2D eigenvalue weighted by Gasteiger charge is -2.08. The highest BCUT2D eigenvalue weighted by atomic mass is 14.9. The minimum Gasteiger partial charge on any atom is -0.343 e. The zero-order valence-corrected chi connectivity index (χ0v) is 13.6. The van der Waals surface area contributed by atoms with Crippen molar-refractivity contribution in [2.24, 2.45) is 0 Å². The Labute approximate surface area is 131 Å². The first-order valence-corrected chi connectivity index (χ1v) is 7.68. The molecule has 0 amide bonds. The maximum atomic E-state index is 4.52. The van der Waals surface area contributed by atoms with E-state index < -0.39 is 0 Å². The first-order chi connectivity index (χ1) is 10.6. The number of aromatic nitrogens is 3. The van der Waals surface area contributed by atoms with E-state index in [1.54, 1.807) is 6.33 Å². The molecule has 0 spiro atoms. The van der Waals surface area contributed by atoms with Gasteiger partial charge in [-0.3, -0.25) is 0 Å². The Morgan fingerprint density at radius 2 is 2.00 bits per heavy atom. The average Bonchev–Trinajstić information content (AvgIpc) is 2.94. The summed E-state index contributed by atoms with van der Waals surface area (Å²) in [4.78, 5) is 12.3. The van der Waals surface area contributed by atoms with Crippen LogP contribution in [0.4, 0.5) is 0 Å². The van der Waals surface area contributed by atoms with Crippen molar-refractivity contribution in [3.63, 3.8) is 0 Å². The molecule has 2 aromatic heterocycles. The third-order valence-corrected chi connectivity index (χ3v) is 4.05. The molecule has 0 bridgehead atoms. The molecule has 114 valence electrons. The number of nitrogens with one attached hydrogen (secondary N) is 2. The van der Waals surface area contributed by atoms with Crippen molar-refractivity contribution in [1.29, 1.82) is 0 Å². The lowest BCUT2D eigenvalue weighted by molar-refractivity contribution is 0.812. The molecule has 4 nitrogen and oxygen atoms in total. The summed E-state index contributed by atoms with van der Waals surface area (Å²) in [6, 6.07) is 8.69. The van der Waals surface area contributed by atoms with Gasteiger partial charge in [-0.15, -0.1) is 0 Å². The molecule has 22 heavy (non-hydrogen) atoms. The van der Waals surface area contributed by atoms with E-state index in [4.69, 9.17) is 0 Å². The van der Waals surface area contributed by atoms with E-state index in [0.717, 1.165) is 28.8 Å². The first kappa shape index (κ1) is 14.7. The van der Waals surface area contributed by atoms with Crippen LogP contribution in [0.3, 0.4) is 0 Å². The normalized spacial score (nSPS) is 11.5. The van der Waals surface area contributed by atoms with E-state index in [9.17, 15) is 0 Å². The Hall–Kier alpha value is -2.20. The summed E-state index contributed by atoms with van der Waals surface area (Å²) in [6.07, 6.45) is 1.63. The summed E-state index contributed by atoms with van der Waals surface area (Å²) in [5.41, 5.74) is 6.82. The Kier molecular flexibility index (Phi) is 3.94. The fourth-order valence-electron chi connectivity index (χ4n) is 2.73. The Morgan fingerprint density at radius 1 is 1.18 bits per heavy atom. The van der Waals surface area contributed by atoms with Crippen molar-refractivity contribution >= 4 is 11.0 Å². The Bertz CT molecular complexity index is 802. The van der Waals surface area contributed by atoms with Crippen molar-refractivity contribution in [2.45, 2.75) is 33.2 Å². The Balaban J connectivity index is 2.11. The topological polar surface area (TPSA) is 53.6 Å². The SMILES string of the molecule is CNCc1ccc(-c2ncnc3[nH]c(C(C)C)cc23)cc1C. The third-order valence-electron chi connectivity index (χ3n) is 4.05. The summed E-state index contributed by atoms with van der Waals surface area (Å²) in [5.74, 6) is 0.446. The molecular formula is C18H22N4. The van der Waals surface area contributed by atoms with Crippen LogP contribution in [0.25, 0.3) is 22.3 Å². The molecule has 0 aliphatic heterocycles. The summed E-state index contributed by atoms with van der Waals surface area (Å²) in [5, 5.41) is 4.29. The number of benzene rings is 1. The number of aryl methyl sites for hydroxylation is 1. The lowest BCUT2D eigenvalue weighted by Crippen LogP contribution is -2.06. The number of nitrogens with zero attached hydrogens (tertiary/aromatic N) is 2. The molecule has 0 fully saturated rings. The van der Waals surface area contributed by atoms with Gasteiger partial charge in [0.25, 0.3) is 0 Å². The minimum absolute atomic E-state index is 0.446. The van der Waals surface area contributed by atoms with Crippen LogP contribution in [0.15, 0.2) is 30.6 Å². The lowest BCUT2D eigenvalue weighted by atomic mass is 10.0. The molecule has 0 saturated heterocycles. The van der Waals surface area contributed by atoms with Gasteiger partial charge in [-0.2, -0.15) is 0 Å². The predicted molar refractivity (Wildman–Crippen MR) is 90.9 cm³/mol. The van der Waals surface area contributed by atoms with Crippen LogP contribution >= 0.6 is 0 Å². The third kappa shape index (κ3) is 2.62. The van der Waals surface area contributed by atoms with Crippen molar-refractivity contribution in [2.75, 3.05) is 7.05 Å². The largest absolute Gasteiger partial charge is 0.343 e. The van der Waals surface area contributed by atoms with Gasteiger partial charge in [0.2, 0.25) is 0 Å². The summed E-state index contributed by atoms with van der Waals surface area (Å²) < 4.78 is 0. The predicted octanol–water partition coefficient (Wildman–Crippen LogP) is 3.78. The monoisotopic (exact) mass is 294 g/mol. The van der Waals surface area contributed by atoms with Gasteiger partial charge < -0.3 is 10.3 Å². The molecular weight excluding hydrogens is 272 g/mol. The molecule has 2 N–H and O–H groups in total. The van der Waals surface area contributed by atoms with E-state index >= 15 is 0 Å². The number of H-pyrrole nitrogens is 1. The average molecular weight is 294 g/mol. The van der Waals surface area contributed by atoms with Gasteiger partial charge in [-0.05, 0) is 43.1 Å². The van der Waals surface area contributed by atoms with Crippen LogP contribution in [0.5, 0.6) is 0 Å². The highest BCUT2D eigenvalue weighted by Crippen LogP contribution is 2.29. The second kappa shape index (κ2) is 5.89. The van der Waals surface area contributed by atoms with Crippen LogP contribution in [0.2, 0.25) is 0 Å².